The van der Waals surface area contributed by atoms with E-state index in [9.17, 15) is 36.4 Å². The number of nitrogens with one attached hydrogen (secondary N) is 2. The zero-order chi connectivity index (χ0) is 29.6. The van der Waals surface area contributed by atoms with Crippen LogP contribution in [0.1, 0.15) is 32.3 Å². The highest BCUT2D eigenvalue weighted by molar-refractivity contribution is 7.96. The molecule has 1 amide bonds. The Labute approximate surface area is 236 Å². The van der Waals surface area contributed by atoms with Crippen LogP contribution in [0.2, 0.25) is 5.02 Å². The van der Waals surface area contributed by atoms with Crippen LogP contribution in [-0.4, -0.2) is 45.0 Å². The fraction of sp³-hybridized carbons (Fsp3) is 0.308. The molecule has 2 aliphatic heterocycles. The minimum absolute atomic E-state index is 0.0110. The number of aliphatic hydroxyl groups is 1. The van der Waals surface area contributed by atoms with Crippen LogP contribution in [0.4, 0.5) is 15.8 Å². The summed E-state index contributed by atoms with van der Waals surface area (Å²) in [7, 11) is -8.25. The number of sulfonamides is 1. The van der Waals surface area contributed by atoms with Crippen molar-refractivity contribution in [3.8, 4) is 6.07 Å². The molecule has 0 aromatic heterocycles. The van der Waals surface area contributed by atoms with E-state index in [-0.39, 0.29) is 45.0 Å². The van der Waals surface area contributed by atoms with Crippen molar-refractivity contribution < 1.29 is 31.1 Å². The van der Waals surface area contributed by atoms with Gasteiger partial charge >= 0.3 is 0 Å². The number of allylic oxidation sites excluding steroid dienone is 1. The molecule has 0 spiro atoms. The average Bonchev–Trinajstić information content (AvgIpc) is 3.09. The van der Waals surface area contributed by atoms with Gasteiger partial charge in [-0.05, 0) is 48.2 Å². The van der Waals surface area contributed by atoms with Crippen molar-refractivity contribution in [1.29, 1.82) is 5.26 Å². The Balaban J connectivity index is 1.83. The Hall–Kier alpha value is -3.60. The van der Waals surface area contributed by atoms with Crippen LogP contribution in [0.3, 0.4) is 0 Å². The number of halogens is 2. The first-order chi connectivity index (χ1) is 18.7. The van der Waals surface area contributed by atoms with Crippen molar-refractivity contribution in [1.82, 2.24) is 4.90 Å². The number of fused-ring (bicyclic) bond motifs is 1. The number of carbonyl (C=O) groups excluding carboxylic acids is 1. The topological polar surface area (TPSA) is 157 Å². The number of sulfone groups is 1. The lowest BCUT2D eigenvalue weighted by molar-refractivity contribution is -0.128. The maximum Gasteiger partial charge on any atom is 0.260 e. The summed E-state index contributed by atoms with van der Waals surface area (Å²) < 4.78 is 66.2. The molecule has 212 valence electrons. The number of hydrogen-bond acceptors (Lipinski definition) is 8. The van der Waals surface area contributed by atoms with E-state index in [1.165, 1.54) is 29.2 Å². The number of nitriles is 1. The summed E-state index contributed by atoms with van der Waals surface area (Å²) in [5, 5.41) is 24.0. The van der Waals surface area contributed by atoms with Gasteiger partial charge in [0.2, 0.25) is 19.9 Å². The molecule has 0 bridgehead atoms. The van der Waals surface area contributed by atoms with E-state index in [2.05, 4.69) is 10.0 Å². The van der Waals surface area contributed by atoms with Gasteiger partial charge in [-0.3, -0.25) is 9.52 Å². The summed E-state index contributed by atoms with van der Waals surface area (Å²) >= 11 is 5.93. The van der Waals surface area contributed by atoms with E-state index in [1.807, 2.05) is 13.8 Å². The van der Waals surface area contributed by atoms with E-state index >= 15 is 0 Å². The molecule has 2 heterocycles. The smallest absolute Gasteiger partial charge is 0.260 e. The number of hydrogen-bond donors (Lipinski definition) is 3. The minimum Gasteiger partial charge on any atom is -0.509 e. The monoisotopic (exact) mass is 608 g/mol. The highest BCUT2D eigenvalue weighted by Crippen LogP contribution is 2.43. The Morgan fingerprint density at radius 3 is 2.58 bits per heavy atom. The largest absolute Gasteiger partial charge is 0.509 e. The lowest BCUT2D eigenvalue weighted by Gasteiger charge is -2.30. The highest BCUT2D eigenvalue weighted by atomic mass is 35.5. The van der Waals surface area contributed by atoms with Crippen molar-refractivity contribution in [3.05, 3.63) is 74.7 Å². The predicted molar refractivity (Wildman–Crippen MR) is 148 cm³/mol. The molecule has 2 unspecified atom stereocenters. The number of amides is 1. The Bertz CT molecular complexity index is 1730. The van der Waals surface area contributed by atoms with Crippen LogP contribution in [-0.2, 0) is 31.2 Å². The summed E-state index contributed by atoms with van der Waals surface area (Å²) in [6.07, 6.45) is 2.26. The van der Waals surface area contributed by atoms with Gasteiger partial charge in [-0.15, -0.1) is 0 Å². The third-order valence-corrected chi connectivity index (χ3v) is 9.29. The zero-order valence-corrected chi connectivity index (χ0v) is 24.1. The molecule has 2 aromatic rings. The predicted octanol–water partition coefficient (Wildman–Crippen LogP) is 4.44. The molecule has 2 aromatic carbocycles. The second kappa shape index (κ2) is 10.8. The van der Waals surface area contributed by atoms with Crippen molar-refractivity contribution in [2.75, 3.05) is 16.3 Å². The van der Waals surface area contributed by atoms with Gasteiger partial charge in [0.1, 0.15) is 23.2 Å². The molecule has 4 rings (SSSR count). The van der Waals surface area contributed by atoms with E-state index in [0.717, 1.165) is 24.8 Å². The Morgan fingerprint density at radius 2 is 1.98 bits per heavy atom. The number of nitrogens with zero attached hydrogens (tertiary/aromatic N) is 2. The number of rotatable bonds is 8. The van der Waals surface area contributed by atoms with Gasteiger partial charge in [0.15, 0.2) is 4.91 Å². The summed E-state index contributed by atoms with van der Waals surface area (Å²) in [4.78, 5) is 14.0. The quantitative estimate of drug-likeness (QED) is 0.397. The fourth-order valence-electron chi connectivity index (χ4n) is 4.96. The first-order valence-corrected chi connectivity index (χ1v) is 15.9. The number of benzene rings is 2. The molecule has 0 saturated heterocycles. The number of aliphatic hydroxyl groups excluding tert-OH is 1. The molecular formula is C26H26ClFN4O6S2. The minimum atomic E-state index is -4.53. The van der Waals surface area contributed by atoms with Gasteiger partial charge in [0.25, 0.3) is 5.91 Å². The molecule has 0 saturated carbocycles. The Morgan fingerprint density at radius 1 is 1.27 bits per heavy atom. The van der Waals surface area contributed by atoms with E-state index in [4.69, 9.17) is 11.6 Å². The van der Waals surface area contributed by atoms with Crippen molar-refractivity contribution >= 4 is 48.7 Å². The lowest BCUT2D eigenvalue weighted by Crippen LogP contribution is -2.39. The molecule has 0 radical (unpaired) electrons. The molecule has 10 nitrogen and oxygen atoms in total. The third kappa shape index (κ3) is 5.39. The SMILES string of the molecule is CCCC(C)C1C(O)=C(C2=C(C#N)S(=O)(=O)c3cc(NS(C)(=O)=O)ccc3N2)C(=O)N1Cc1ccc(F)c(Cl)c1. The van der Waals surface area contributed by atoms with Crippen LogP contribution in [0.15, 0.2) is 63.2 Å². The maximum absolute atomic E-state index is 13.8. The van der Waals surface area contributed by atoms with E-state index in [1.54, 1.807) is 6.07 Å². The molecule has 2 aliphatic rings. The van der Waals surface area contributed by atoms with Gasteiger partial charge in [-0.1, -0.05) is 37.9 Å². The van der Waals surface area contributed by atoms with Crippen molar-refractivity contribution in [3.63, 3.8) is 0 Å². The molecular weight excluding hydrogens is 583 g/mol. The molecule has 40 heavy (non-hydrogen) atoms. The average molecular weight is 609 g/mol. The normalized spacial score (nSPS) is 19.2. The van der Waals surface area contributed by atoms with Crippen LogP contribution in [0, 0.1) is 23.1 Å². The lowest BCUT2D eigenvalue weighted by atomic mass is 9.94. The molecule has 3 N–H and O–H groups in total. The van der Waals surface area contributed by atoms with E-state index < -0.39 is 48.3 Å². The number of carbonyl (C=O) groups is 1. The van der Waals surface area contributed by atoms with Crippen LogP contribution < -0.4 is 10.0 Å². The second-order valence-electron chi connectivity index (χ2n) is 9.68. The van der Waals surface area contributed by atoms with Crippen LogP contribution in [0.25, 0.3) is 0 Å². The van der Waals surface area contributed by atoms with Crippen LogP contribution in [0.5, 0.6) is 0 Å². The van der Waals surface area contributed by atoms with E-state index in [0.29, 0.717) is 12.0 Å². The van der Waals surface area contributed by atoms with Crippen molar-refractivity contribution in [2.24, 2.45) is 5.92 Å². The first-order valence-electron chi connectivity index (χ1n) is 12.2. The second-order valence-corrected chi connectivity index (χ2v) is 13.7. The first kappa shape index (κ1) is 29.4. The third-order valence-electron chi connectivity index (χ3n) is 6.65. The molecule has 2 atom stereocenters. The summed E-state index contributed by atoms with van der Waals surface area (Å²) in [5.74, 6) is -2.02. The fourth-order valence-corrected chi connectivity index (χ4v) is 7.17. The molecule has 0 fully saturated rings. The van der Waals surface area contributed by atoms with Crippen molar-refractivity contribution in [2.45, 2.75) is 44.2 Å². The highest BCUT2D eigenvalue weighted by Gasteiger charge is 2.46. The molecule has 0 aliphatic carbocycles. The van der Waals surface area contributed by atoms with Gasteiger partial charge in [-0.25, -0.2) is 21.2 Å². The van der Waals surface area contributed by atoms with Gasteiger partial charge in [-0.2, -0.15) is 5.26 Å². The summed E-state index contributed by atoms with van der Waals surface area (Å²) in [6.45, 7) is 3.71. The van der Waals surface area contributed by atoms with Gasteiger partial charge in [0, 0.05) is 12.2 Å². The Kier molecular flexibility index (Phi) is 7.90. The zero-order valence-electron chi connectivity index (χ0n) is 21.7. The van der Waals surface area contributed by atoms with Crippen LogP contribution >= 0.6 is 11.6 Å². The summed E-state index contributed by atoms with van der Waals surface area (Å²) in [6, 6.07) is 8.43. The maximum atomic E-state index is 13.8. The van der Waals surface area contributed by atoms with Gasteiger partial charge in [0.05, 0.1) is 33.6 Å². The molecule has 14 heteroatoms. The summed E-state index contributed by atoms with van der Waals surface area (Å²) in [5.41, 5.74) is -0.315. The standard InChI is InChI=1S/C26H26ClFN4O6S2/c1-4-5-14(2)24-25(33)22(26(34)32(24)13-15-6-8-18(28)17(27)10-15)23-21(12-29)40(37,38)20-11-16(31-39(3,35)36)7-9-19(20)30-23/h6-11,14,24,30-31,33H,4-5,13H2,1-3H3. The van der Waals surface area contributed by atoms with Gasteiger partial charge < -0.3 is 15.3 Å². The number of anilines is 2.